The lowest BCUT2D eigenvalue weighted by molar-refractivity contribution is 0.102. The number of hydrogen-bond donors (Lipinski definition) is 1. The van der Waals surface area contributed by atoms with Crippen molar-refractivity contribution < 1.29 is 18.0 Å². The molecule has 0 aliphatic heterocycles. The molecule has 0 saturated carbocycles. The molecular weight excluding hydrogens is 379 g/mol. The molecule has 1 amide bonds. The molecule has 0 fully saturated rings. The molecule has 4 aromatic rings. The lowest BCUT2D eigenvalue weighted by Crippen LogP contribution is -2.15. The van der Waals surface area contributed by atoms with Gasteiger partial charge in [-0.2, -0.15) is 5.10 Å². The summed E-state index contributed by atoms with van der Waals surface area (Å²) >= 11 is 0. The number of carbonyl (C=O) groups is 1. The summed E-state index contributed by atoms with van der Waals surface area (Å²) in [6.07, 6.45) is 1.49. The van der Waals surface area contributed by atoms with E-state index in [1.54, 1.807) is 36.4 Å². The fraction of sp³-hybridized carbons (Fsp3) is 0. The third-order valence-corrected chi connectivity index (χ3v) is 4.27. The lowest BCUT2D eigenvalue weighted by atomic mass is 10.0. The van der Waals surface area contributed by atoms with Crippen molar-refractivity contribution in [2.24, 2.45) is 0 Å². The van der Waals surface area contributed by atoms with Gasteiger partial charge in [0.25, 0.3) is 5.91 Å². The smallest absolute Gasteiger partial charge is 0.276 e. The minimum atomic E-state index is -0.901. The Kier molecular flexibility index (Phi) is 4.87. The Balaban J connectivity index is 1.66. The molecule has 0 bridgehead atoms. The van der Waals surface area contributed by atoms with Crippen molar-refractivity contribution in [2.45, 2.75) is 0 Å². The molecule has 1 aromatic heterocycles. The third kappa shape index (κ3) is 3.89. The Morgan fingerprint density at radius 2 is 1.66 bits per heavy atom. The molecule has 0 atom stereocenters. The molecule has 3 aromatic carbocycles. The predicted octanol–water partition coefficient (Wildman–Crippen LogP) is 5.21. The standard InChI is InChI=1S/C22H14F3N3O/c23-15-7-4-8-17(11-15)28-10-9-20(27-28)22(29)26-21-18(12-16(24)13-19(21)25)14-5-2-1-3-6-14/h1-13H,(H,26,29). The van der Waals surface area contributed by atoms with Gasteiger partial charge in [0.05, 0.1) is 11.4 Å². The fourth-order valence-corrected chi connectivity index (χ4v) is 2.93. The normalized spacial score (nSPS) is 10.7. The minimum absolute atomic E-state index is 0.00278. The van der Waals surface area contributed by atoms with Gasteiger partial charge in [0, 0.05) is 17.8 Å². The van der Waals surface area contributed by atoms with Crippen LogP contribution >= 0.6 is 0 Å². The molecule has 144 valence electrons. The van der Waals surface area contributed by atoms with Gasteiger partial charge >= 0.3 is 0 Å². The summed E-state index contributed by atoms with van der Waals surface area (Å²) < 4.78 is 43.0. The maximum Gasteiger partial charge on any atom is 0.276 e. The number of rotatable bonds is 4. The van der Waals surface area contributed by atoms with Crippen LogP contribution in [0.15, 0.2) is 79.0 Å². The van der Waals surface area contributed by atoms with Crippen LogP contribution in [0.4, 0.5) is 18.9 Å². The van der Waals surface area contributed by atoms with Gasteiger partial charge in [0.2, 0.25) is 0 Å². The van der Waals surface area contributed by atoms with Crippen LogP contribution in [0.5, 0.6) is 0 Å². The SMILES string of the molecule is O=C(Nc1c(F)cc(F)cc1-c1ccccc1)c1ccn(-c2cccc(F)c2)n1. The second-order valence-electron chi connectivity index (χ2n) is 6.26. The number of aromatic nitrogens is 2. The van der Waals surface area contributed by atoms with Crippen LogP contribution in [0.1, 0.15) is 10.5 Å². The first-order valence-corrected chi connectivity index (χ1v) is 8.69. The zero-order valence-electron chi connectivity index (χ0n) is 14.9. The van der Waals surface area contributed by atoms with Crippen LogP contribution in [0.2, 0.25) is 0 Å². The van der Waals surface area contributed by atoms with E-state index in [2.05, 4.69) is 10.4 Å². The van der Waals surface area contributed by atoms with Crippen molar-refractivity contribution in [3.05, 3.63) is 102 Å². The van der Waals surface area contributed by atoms with E-state index in [9.17, 15) is 18.0 Å². The van der Waals surface area contributed by atoms with Gasteiger partial charge < -0.3 is 5.32 Å². The molecule has 4 nitrogen and oxygen atoms in total. The van der Waals surface area contributed by atoms with Crippen molar-refractivity contribution in [1.29, 1.82) is 0 Å². The number of carbonyl (C=O) groups excluding carboxylic acids is 1. The second kappa shape index (κ2) is 7.63. The van der Waals surface area contributed by atoms with Crippen molar-refractivity contribution in [1.82, 2.24) is 9.78 Å². The minimum Gasteiger partial charge on any atom is -0.318 e. The number of hydrogen-bond acceptors (Lipinski definition) is 2. The van der Waals surface area contributed by atoms with Crippen LogP contribution in [0, 0.1) is 17.5 Å². The van der Waals surface area contributed by atoms with E-state index in [0.717, 1.165) is 6.07 Å². The van der Waals surface area contributed by atoms with Gasteiger partial charge in [-0.1, -0.05) is 36.4 Å². The van der Waals surface area contributed by atoms with Crippen molar-refractivity contribution >= 4 is 11.6 Å². The number of halogens is 3. The average molecular weight is 393 g/mol. The predicted molar refractivity (Wildman–Crippen MR) is 103 cm³/mol. The number of nitrogens with one attached hydrogen (secondary N) is 1. The van der Waals surface area contributed by atoms with E-state index >= 15 is 0 Å². The number of benzene rings is 3. The average Bonchev–Trinajstić information content (AvgIpc) is 3.21. The van der Waals surface area contributed by atoms with Crippen LogP contribution in [-0.2, 0) is 0 Å². The Morgan fingerprint density at radius 1 is 0.862 bits per heavy atom. The largest absolute Gasteiger partial charge is 0.318 e. The van der Waals surface area contributed by atoms with Crippen LogP contribution < -0.4 is 5.32 Å². The van der Waals surface area contributed by atoms with E-state index in [4.69, 9.17) is 0 Å². The molecule has 29 heavy (non-hydrogen) atoms. The summed E-state index contributed by atoms with van der Waals surface area (Å²) in [7, 11) is 0. The van der Waals surface area contributed by atoms with Crippen LogP contribution in [0.3, 0.4) is 0 Å². The zero-order chi connectivity index (χ0) is 20.4. The quantitative estimate of drug-likeness (QED) is 0.517. The first-order valence-electron chi connectivity index (χ1n) is 8.69. The monoisotopic (exact) mass is 393 g/mol. The highest BCUT2D eigenvalue weighted by atomic mass is 19.1. The van der Waals surface area contributed by atoms with Crippen LogP contribution in [-0.4, -0.2) is 15.7 Å². The van der Waals surface area contributed by atoms with Gasteiger partial charge in [-0.25, -0.2) is 17.9 Å². The summed E-state index contributed by atoms with van der Waals surface area (Å²) in [5, 5.41) is 6.58. The van der Waals surface area contributed by atoms with E-state index in [0.29, 0.717) is 17.3 Å². The highest BCUT2D eigenvalue weighted by molar-refractivity contribution is 6.05. The maximum absolute atomic E-state index is 14.5. The lowest BCUT2D eigenvalue weighted by Gasteiger charge is -2.12. The molecule has 1 heterocycles. The molecule has 0 aliphatic carbocycles. The molecular formula is C22H14F3N3O. The second-order valence-corrected chi connectivity index (χ2v) is 6.26. The molecule has 7 heteroatoms. The van der Waals surface area contributed by atoms with Gasteiger partial charge in [-0.05, 0) is 35.9 Å². The van der Waals surface area contributed by atoms with Crippen molar-refractivity contribution in [2.75, 3.05) is 5.32 Å². The Morgan fingerprint density at radius 3 is 2.41 bits per heavy atom. The summed E-state index contributed by atoms with van der Waals surface area (Å²) in [5.74, 6) is -2.77. The molecule has 0 spiro atoms. The van der Waals surface area contributed by atoms with Gasteiger partial charge in [0.1, 0.15) is 17.5 Å². The molecule has 4 rings (SSSR count). The first-order chi connectivity index (χ1) is 14.0. The van der Waals surface area contributed by atoms with E-state index in [1.807, 2.05) is 0 Å². The zero-order valence-corrected chi connectivity index (χ0v) is 14.9. The van der Waals surface area contributed by atoms with Crippen molar-refractivity contribution in [3.8, 4) is 16.8 Å². The number of amides is 1. The van der Waals surface area contributed by atoms with Crippen molar-refractivity contribution in [3.63, 3.8) is 0 Å². The Hall–Kier alpha value is -3.87. The first kappa shape index (κ1) is 18.5. The maximum atomic E-state index is 14.5. The highest BCUT2D eigenvalue weighted by Crippen LogP contribution is 2.31. The summed E-state index contributed by atoms with van der Waals surface area (Å²) in [6.45, 7) is 0. The van der Waals surface area contributed by atoms with E-state index in [1.165, 1.54) is 35.1 Å². The van der Waals surface area contributed by atoms with Gasteiger partial charge in [-0.3, -0.25) is 4.79 Å². The van der Waals surface area contributed by atoms with Crippen LogP contribution in [0.25, 0.3) is 16.8 Å². The molecule has 0 radical (unpaired) electrons. The molecule has 0 unspecified atom stereocenters. The van der Waals surface area contributed by atoms with E-state index < -0.39 is 23.4 Å². The fourth-order valence-electron chi connectivity index (χ4n) is 2.93. The van der Waals surface area contributed by atoms with Gasteiger partial charge in [-0.15, -0.1) is 0 Å². The Labute approximate surface area is 164 Å². The number of anilines is 1. The summed E-state index contributed by atoms with van der Waals surface area (Å²) in [6, 6.07) is 17.6. The van der Waals surface area contributed by atoms with E-state index in [-0.39, 0.29) is 16.9 Å². The topological polar surface area (TPSA) is 46.9 Å². The third-order valence-electron chi connectivity index (χ3n) is 4.27. The summed E-state index contributed by atoms with van der Waals surface area (Å²) in [5.41, 5.74) is 1.04. The number of nitrogens with zero attached hydrogens (tertiary/aromatic N) is 2. The Bertz CT molecular complexity index is 1190. The van der Waals surface area contributed by atoms with Gasteiger partial charge in [0.15, 0.2) is 5.69 Å². The molecule has 0 aliphatic rings. The molecule has 1 N–H and O–H groups in total. The highest BCUT2D eigenvalue weighted by Gasteiger charge is 2.18. The molecule has 0 saturated heterocycles. The summed E-state index contributed by atoms with van der Waals surface area (Å²) in [4.78, 5) is 12.6.